The number of benzene rings is 1. The zero-order valence-corrected chi connectivity index (χ0v) is 15.4. The molecule has 0 aliphatic carbocycles. The summed E-state index contributed by atoms with van der Waals surface area (Å²) in [6.07, 6.45) is 1.12. The zero-order valence-electron chi connectivity index (χ0n) is 12.2. The number of nitrogens with zero attached hydrogens (tertiary/aromatic N) is 1. The number of anilines is 1. The summed E-state index contributed by atoms with van der Waals surface area (Å²) < 4.78 is 1.66. The van der Waals surface area contributed by atoms with Crippen molar-refractivity contribution in [3.63, 3.8) is 0 Å². The van der Waals surface area contributed by atoms with E-state index in [1.807, 2.05) is 32.0 Å². The molecular weight excluding hydrogens is 400 g/mol. The fraction of sp³-hybridized carbons (Fsp3) is 0.467. The Bertz CT molecular complexity index is 591. The normalized spacial score (nSPS) is 26.0. The van der Waals surface area contributed by atoms with Crippen LogP contribution < -0.4 is 10.2 Å². The van der Waals surface area contributed by atoms with Crippen molar-refractivity contribution in [2.75, 3.05) is 4.90 Å². The fourth-order valence-electron chi connectivity index (χ4n) is 2.49. The smallest absolute Gasteiger partial charge is 0.253 e. The molecule has 4 nitrogen and oxygen atoms in total. The Kier molecular flexibility index (Phi) is 4.78. The minimum absolute atomic E-state index is 0.0738. The topological polar surface area (TPSA) is 49.4 Å². The highest BCUT2D eigenvalue weighted by Crippen LogP contribution is 2.35. The lowest BCUT2D eigenvalue weighted by atomic mass is 9.90. The van der Waals surface area contributed by atoms with Crippen molar-refractivity contribution < 1.29 is 9.59 Å². The van der Waals surface area contributed by atoms with Crippen molar-refractivity contribution in [2.24, 2.45) is 0 Å². The van der Waals surface area contributed by atoms with Gasteiger partial charge in [-0.2, -0.15) is 0 Å². The van der Waals surface area contributed by atoms with Gasteiger partial charge in [-0.25, -0.2) is 0 Å². The molecule has 1 fully saturated rings. The number of amides is 2. The highest BCUT2D eigenvalue weighted by Gasteiger charge is 2.47. The van der Waals surface area contributed by atoms with Gasteiger partial charge in [-0.3, -0.25) is 14.5 Å². The maximum absolute atomic E-state index is 12.9. The van der Waals surface area contributed by atoms with Gasteiger partial charge in [0.15, 0.2) is 0 Å². The van der Waals surface area contributed by atoms with Crippen LogP contribution in [0.15, 0.2) is 27.1 Å². The molecule has 0 saturated carbocycles. The lowest BCUT2D eigenvalue weighted by molar-refractivity contribution is -0.138. The fourth-order valence-corrected chi connectivity index (χ4v) is 3.28. The second kappa shape index (κ2) is 6.08. The van der Waals surface area contributed by atoms with Gasteiger partial charge in [-0.15, -0.1) is 0 Å². The molecule has 1 aliphatic heterocycles. The van der Waals surface area contributed by atoms with Gasteiger partial charge >= 0.3 is 0 Å². The summed E-state index contributed by atoms with van der Waals surface area (Å²) in [6, 6.07) is 5.14. The van der Waals surface area contributed by atoms with Gasteiger partial charge in [0.05, 0.1) is 5.69 Å². The van der Waals surface area contributed by atoms with Crippen LogP contribution in [0.5, 0.6) is 0 Å². The molecular formula is C15H18Br2N2O2. The Labute approximate surface area is 141 Å². The summed E-state index contributed by atoms with van der Waals surface area (Å²) >= 11 is 6.91. The predicted molar refractivity (Wildman–Crippen MR) is 90.2 cm³/mol. The van der Waals surface area contributed by atoms with Crippen molar-refractivity contribution in [2.45, 2.75) is 45.2 Å². The Morgan fingerprint density at radius 3 is 2.52 bits per heavy atom. The van der Waals surface area contributed by atoms with E-state index in [1.165, 1.54) is 0 Å². The van der Waals surface area contributed by atoms with Crippen LogP contribution in [0.3, 0.4) is 0 Å². The lowest BCUT2D eigenvalue weighted by Crippen LogP contribution is -2.69. The number of carbonyl (C=O) groups excluding carboxylic acids is 2. The molecule has 2 atom stereocenters. The molecule has 0 bridgehead atoms. The highest BCUT2D eigenvalue weighted by atomic mass is 79.9. The number of hydrogen-bond donors (Lipinski definition) is 1. The summed E-state index contributed by atoms with van der Waals surface area (Å²) in [5, 5.41) is 2.87. The molecule has 2 unspecified atom stereocenters. The molecule has 0 aromatic heterocycles. The van der Waals surface area contributed by atoms with E-state index in [9.17, 15) is 9.59 Å². The highest BCUT2D eigenvalue weighted by molar-refractivity contribution is 9.11. The minimum atomic E-state index is -0.857. The third-order valence-corrected chi connectivity index (χ3v) is 5.13. The Morgan fingerprint density at radius 2 is 1.95 bits per heavy atom. The average molecular weight is 418 g/mol. The van der Waals surface area contributed by atoms with Crippen molar-refractivity contribution >= 4 is 49.4 Å². The van der Waals surface area contributed by atoms with E-state index in [2.05, 4.69) is 37.2 Å². The van der Waals surface area contributed by atoms with Crippen LogP contribution in [0, 0.1) is 0 Å². The van der Waals surface area contributed by atoms with Crippen molar-refractivity contribution in [1.29, 1.82) is 0 Å². The molecule has 6 heteroatoms. The monoisotopic (exact) mass is 416 g/mol. The summed E-state index contributed by atoms with van der Waals surface area (Å²) in [5.74, 6) is -0.177. The van der Waals surface area contributed by atoms with Gasteiger partial charge in [-0.05, 0) is 53.9 Å². The summed E-state index contributed by atoms with van der Waals surface area (Å²) in [6.45, 7) is 5.58. The molecule has 2 amide bonds. The van der Waals surface area contributed by atoms with E-state index in [1.54, 1.807) is 11.8 Å². The van der Waals surface area contributed by atoms with Crippen LogP contribution in [-0.4, -0.2) is 23.4 Å². The molecule has 0 spiro atoms. The maximum Gasteiger partial charge on any atom is 0.253 e. The summed E-state index contributed by atoms with van der Waals surface area (Å²) in [5.41, 5.74) is -0.138. The van der Waals surface area contributed by atoms with Crippen LogP contribution in [0.1, 0.15) is 33.6 Å². The van der Waals surface area contributed by atoms with E-state index in [-0.39, 0.29) is 11.8 Å². The van der Waals surface area contributed by atoms with Crippen LogP contribution in [0.25, 0.3) is 0 Å². The second-order valence-corrected chi connectivity index (χ2v) is 7.14. The summed E-state index contributed by atoms with van der Waals surface area (Å²) in [4.78, 5) is 26.9. The number of nitrogens with one attached hydrogen (secondary N) is 1. The molecule has 1 aromatic rings. The largest absolute Gasteiger partial charge is 0.340 e. The van der Waals surface area contributed by atoms with Crippen LogP contribution in [0.4, 0.5) is 5.69 Å². The summed E-state index contributed by atoms with van der Waals surface area (Å²) in [7, 11) is 0. The van der Waals surface area contributed by atoms with Crippen LogP contribution >= 0.6 is 31.9 Å². The van der Waals surface area contributed by atoms with Gasteiger partial charge in [0.2, 0.25) is 5.91 Å². The third-order valence-electron chi connectivity index (χ3n) is 3.97. The first-order valence-corrected chi connectivity index (χ1v) is 8.53. The average Bonchev–Trinajstić information content (AvgIpc) is 2.45. The van der Waals surface area contributed by atoms with Gasteiger partial charge < -0.3 is 5.32 Å². The number of carbonyl (C=O) groups is 2. The first kappa shape index (κ1) is 16.5. The molecule has 2 rings (SSSR count). The molecule has 1 saturated heterocycles. The van der Waals surface area contributed by atoms with Gasteiger partial charge in [0.25, 0.3) is 5.91 Å². The zero-order chi connectivity index (χ0) is 15.8. The maximum atomic E-state index is 12.9. The van der Waals surface area contributed by atoms with E-state index in [4.69, 9.17) is 0 Å². The van der Waals surface area contributed by atoms with E-state index in [0.29, 0.717) is 12.8 Å². The SMILES string of the molecule is CCC1C(=O)NC(C)(CC)C(=O)N1c1cc(Br)ccc1Br. The molecule has 0 radical (unpaired) electrons. The predicted octanol–water partition coefficient (Wildman–Crippen LogP) is 3.62. The van der Waals surface area contributed by atoms with Crippen LogP contribution in [-0.2, 0) is 9.59 Å². The Morgan fingerprint density at radius 1 is 1.29 bits per heavy atom. The standard InChI is InChI=1S/C15H18Br2N2O2/c1-4-11-13(20)18-15(3,5-2)14(21)19(11)12-8-9(16)6-7-10(12)17/h6-8,11H,4-5H2,1-3H3,(H,18,20). The molecule has 1 heterocycles. The molecule has 1 aliphatic rings. The number of halogens is 2. The van der Waals surface area contributed by atoms with Crippen LogP contribution in [0.2, 0.25) is 0 Å². The first-order valence-electron chi connectivity index (χ1n) is 6.94. The molecule has 1 aromatic carbocycles. The third kappa shape index (κ3) is 2.88. The lowest BCUT2D eigenvalue weighted by Gasteiger charge is -2.44. The second-order valence-electron chi connectivity index (χ2n) is 5.37. The number of piperazine rings is 1. The van der Waals surface area contributed by atoms with Crippen molar-refractivity contribution in [3.05, 3.63) is 27.1 Å². The quantitative estimate of drug-likeness (QED) is 0.816. The number of hydrogen-bond acceptors (Lipinski definition) is 2. The first-order chi connectivity index (χ1) is 9.84. The number of rotatable bonds is 3. The van der Waals surface area contributed by atoms with Crippen molar-refractivity contribution in [3.8, 4) is 0 Å². The Balaban J connectivity index is 2.57. The van der Waals surface area contributed by atoms with Gasteiger partial charge in [-0.1, -0.05) is 29.8 Å². The minimum Gasteiger partial charge on any atom is -0.340 e. The van der Waals surface area contributed by atoms with E-state index < -0.39 is 11.6 Å². The van der Waals surface area contributed by atoms with Crippen molar-refractivity contribution in [1.82, 2.24) is 5.32 Å². The van der Waals surface area contributed by atoms with Gasteiger partial charge in [0, 0.05) is 8.95 Å². The van der Waals surface area contributed by atoms with E-state index in [0.717, 1.165) is 14.6 Å². The Hall–Kier alpha value is -0.880. The van der Waals surface area contributed by atoms with Gasteiger partial charge in [0.1, 0.15) is 11.6 Å². The van der Waals surface area contributed by atoms with E-state index >= 15 is 0 Å². The molecule has 1 N–H and O–H groups in total. The molecule has 21 heavy (non-hydrogen) atoms. The molecule has 114 valence electrons.